The Bertz CT molecular complexity index is 572. The fourth-order valence-electron chi connectivity index (χ4n) is 1.97. The van der Waals surface area contributed by atoms with E-state index < -0.39 is 5.97 Å². The Kier molecular flexibility index (Phi) is 2.75. The van der Waals surface area contributed by atoms with Crippen molar-refractivity contribution in [1.82, 2.24) is 9.55 Å². The van der Waals surface area contributed by atoms with Crippen molar-refractivity contribution in [2.75, 3.05) is 0 Å². The first kappa shape index (κ1) is 11.4. The predicted octanol–water partition coefficient (Wildman–Crippen LogP) is 1.95. The van der Waals surface area contributed by atoms with Crippen molar-refractivity contribution < 1.29 is 15.0 Å². The van der Waals surface area contributed by atoms with E-state index in [1.165, 1.54) is 0 Å². The number of imidazole rings is 1. The van der Waals surface area contributed by atoms with Gasteiger partial charge in [0.15, 0.2) is 0 Å². The van der Waals surface area contributed by atoms with E-state index in [-0.39, 0.29) is 18.2 Å². The molecule has 1 heterocycles. The van der Waals surface area contributed by atoms with E-state index in [4.69, 9.17) is 5.11 Å². The van der Waals surface area contributed by atoms with Gasteiger partial charge in [0.2, 0.25) is 0 Å². The predicted molar refractivity (Wildman–Crippen MR) is 63.1 cm³/mol. The van der Waals surface area contributed by atoms with E-state index in [0.717, 1.165) is 5.52 Å². The summed E-state index contributed by atoms with van der Waals surface area (Å²) < 4.78 is 1.84. The van der Waals surface area contributed by atoms with Crippen LogP contribution < -0.4 is 0 Å². The highest BCUT2D eigenvalue weighted by Gasteiger charge is 2.15. The number of phenols is 1. The molecule has 1 aromatic heterocycles. The highest BCUT2D eigenvalue weighted by atomic mass is 16.4. The number of phenolic OH excluding ortho intramolecular Hbond substituents is 1. The van der Waals surface area contributed by atoms with Crippen molar-refractivity contribution in [3.05, 3.63) is 24.0 Å². The summed E-state index contributed by atoms with van der Waals surface area (Å²) in [6, 6.07) is 4.93. The Hall–Kier alpha value is -2.04. The number of aromatic nitrogens is 2. The fourth-order valence-corrected chi connectivity index (χ4v) is 1.97. The van der Waals surface area contributed by atoms with Gasteiger partial charge < -0.3 is 14.8 Å². The molecular weight excluding hydrogens is 220 g/mol. The molecule has 0 bridgehead atoms. The van der Waals surface area contributed by atoms with Gasteiger partial charge in [-0.05, 0) is 26.0 Å². The number of carboxylic acid groups (broad SMARTS) is 1. The molecule has 0 atom stereocenters. The van der Waals surface area contributed by atoms with Crippen LogP contribution in [-0.4, -0.2) is 25.7 Å². The molecular formula is C12H14N2O3. The SMILES string of the molecule is CC(C)n1c(CC(=O)O)nc2ccc(O)cc21. The number of hydrogen-bond donors (Lipinski definition) is 2. The summed E-state index contributed by atoms with van der Waals surface area (Å²) in [6.45, 7) is 3.91. The highest BCUT2D eigenvalue weighted by molar-refractivity contribution is 5.79. The van der Waals surface area contributed by atoms with Gasteiger partial charge in [0.25, 0.3) is 0 Å². The average Bonchev–Trinajstić information content (AvgIpc) is 2.53. The van der Waals surface area contributed by atoms with E-state index in [1.54, 1.807) is 18.2 Å². The third-order valence-corrected chi connectivity index (χ3v) is 2.57. The molecule has 5 heteroatoms. The Morgan fingerprint density at radius 3 is 2.76 bits per heavy atom. The Morgan fingerprint density at radius 2 is 2.18 bits per heavy atom. The van der Waals surface area contributed by atoms with Gasteiger partial charge >= 0.3 is 5.97 Å². The minimum atomic E-state index is -0.911. The molecule has 1 aromatic carbocycles. The number of nitrogens with zero attached hydrogens (tertiary/aromatic N) is 2. The average molecular weight is 234 g/mol. The van der Waals surface area contributed by atoms with Crippen molar-refractivity contribution in [1.29, 1.82) is 0 Å². The zero-order valence-electron chi connectivity index (χ0n) is 9.71. The molecule has 17 heavy (non-hydrogen) atoms. The van der Waals surface area contributed by atoms with Crippen molar-refractivity contribution in [2.45, 2.75) is 26.3 Å². The van der Waals surface area contributed by atoms with Crippen LogP contribution in [-0.2, 0) is 11.2 Å². The van der Waals surface area contributed by atoms with E-state index >= 15 is 0 Å². The maximum absolute atomic E-state index is 10.8. The minimum Gasteiger partial charge on any atom is -0.508 e. The molecule has 0 aliphatic heterocycles. The number of fused-ring (bicyclic) bond motifs is 1. The largest absolute Gasteiger partial charge is 0.508 e. The van der Waals surface area contributed by atoms with Gasteiger partial charge in [-0.1, -0.05) is 0 Å². The molecule has 0 saturated heterocycles. The molecule has 0 aliphatic carbocycles. The first-order chi connectivity index (χ1) is 7.99. The lowest BCUT2D eigenvalue weighted by Crippen LogP contribution is -2.11. The van der Waals surface area contributed by atoms with Crippen molar-refractivity contribution >= 4 is 17.0 Å². The third kappa shape index (κ3) is 2.08. The second-order valence-corrected chi connectivity index (χ2v) is 4.24. The Labute approximate surface area is 98.3 Å². The van der Waals surface area contributed by atoms with Crippen LogP contribution in [0.25, 0.3) is 11.0 Å². The number of aliphatic carboxylic acids is 1. The molecule has 0 spiro atoms. The lowest BCUT2D eigenvalue weighted by Gasteiger charge is -2.11. The van der Waals surface area contributed by atoms with Crippen LogP contribution in [0.1, 0.15) is 25.7 Å². The minimum absolute atomic E-state index is 0.0937. The lowest BCUT2D eigenvalue weighted by molar-refractivity contribution is -0.136. The van der Waals surface area contributed by atoms with Crippen molar-refractivity contribution in [3.8, 4) is 5.75 Å². The van der Waals surface area contributed by atoms with Crippen LogP contribution in [0.4, 0.5) is 0 Å². The summed E-state index contributed by atoms with van der Waals surface area (Å²) in [6.07, 6.45) is -0.117. The first-order valence-corrected chi connectivity index (χ1v) is 5.40. The highest BCUT2D eigenvalue weighted by Crippen LogP contribution is 2.24. The van der Waals surface area contributed by atoms with Crippen LogP contribution in [0.15, 0.2) is 18.2 Å². The zero-order chi connectivity index (χ0) is 12.6. The van der Waals surface area contributed by atoms with Gasteiger partial charge in [0.05, 0.1) is 11.0 Å². The summed E-state index contributed by atoms with van der Waals surface area (Å²) >= 11 is 0. The molecule has 0 unspecified atom stereocenters. The molecule has 0 saturated carbocycles. The molecule has 2 aromatic rings. The smallest absolute Gasteiger partial charge is 0.311 e. The van der Waals surface area contributed by atoms with E-state index in [9.17, 15) is 9.90 Å². The molecule has 2 N–H and O–H groups in total. The molecule has 0 amide bonds. The van der Waals surface area contributed by atoms with Crippen LogP contribution in [0.2, 0.25) is 0 Å². The molecule has 5 nitrogen and oxygen atoms in total. The number of hydrogen-bond acceptors (Lipinski definition) is 3. The quantitative estimate of drug-likeness (QED) is 0.851. The van der Waals surface area contributed by atoms with E-state index in [2.05, 4.69) is 4.98 Å². The van der Waals surface area contributed by atoms with Gasteiger partial charge in [0.1, 0.15) is 18.0 Å². The van der Waals surface area contributed by atoms with E-state index in [1.807, 2.05) is 18.4 Å². The second kappa shape index (κ2) is 4.08. The molecule has 0 aliphatic rings. The summed E-state index contributed by atoms with van der Waals surface area (Å²) in [5.74, 6) is -0.249. The molecule has 0 radical (unpaired) electrons. The maximum atomic E-state index is 10.8. The van der Waals surface area contributed by atoms with Crippen LogP contribution in [0.5, 0.6) is 5.75 Å². The van der Waals surface area contributed by atoms with Gasteiger partial charge in [-0.3, -0.25) is 4.79 Å². The third-order valence-electron chi connectivity index (χ3n) is 2.57. The summed E-state index contributed by atoms with van der Waals surface area (Å²) in [5, 5.41) is 18.3. The molecule has 90 valence electrons. The fraction of sp³-hybridized carbons (Fsp3) is 0.333. The number of aromatic hydroxyl groups is 1. The van der Waals surface area contributed by atoms with Gasteiger partial charge in [-0.15, -0.1) is 0 Å². The maximum Gasteiger partial charge on any atom is 0.311 e. The van der Waals surface area contributed by atoms with Gasteiger partial charge in [0, 0.05) is 12.1 Å². The number of benzene rings is 1. The van der Waals surface area contributed by atoms with Gasteiger partial charge in [-0.25, -0.2) is 4.98 Å². The number of carbonyl (C=O) groups is 1. The van der Waals surface area contributed by atoms with Gasteiger partial charge in [-0.2, -0.15) is 0 Å². The Morgan fingerprint density at radius 1 is 1.47 bits per heavy atom. The number of carboxylic acids is 1. The summed E-state index contributed by atoms with van der Waals surface area (Å²) in [5.41, 5.74) is 1.46. The standard InChI is InChI=1S/C12H14N2O3/c1-7(2)14-10-5-8(15)3-4-9(10)13-11(14)6-12(16)17/h3-5,7,15H,6H2,1-2H3,(H,16,17). The number of rotatable bonds is 3. The lowest BCUT2D eigenvalue weighted by atomic mass is 10.2. The van der Waals surface area contributed by atoms with Crippen LogP contribution in [0.3, 0.4) is 0 Å². The van der Waals surface area contributed by atoms with Crippen LogP contribution in [0, 0.1) is 0 Å². The molecule has 2 rings (SSSR count). The summed E-state index contributed by atoms with van der Waals surface area (Å²) in [7, 11) is 0. The topological polar surface area (TPSA) is 75.4 Å². The zero-order valence-corrected chi connectivity index (χ0v) is 9.71. The first-order valence-electron chi connectivity index (χ1n) is 5.40. The summed E-state index contributed by atoms with van der Waals surface area (Å²) in [4.78, 5) is 15.1. The van der Waals surface area contributed by atoms with Crippen molar-refractivity contribution in [3.63, 3.8) is 0 Å². The van der Waals surface area contributed by atoms with Crippen LogP contribution >= 0.6 is 0 Å². The Balaban J connectivity index is 2.66. The molecule has 0 fully saturated rings. The normalized spacial score (nSPS) is 11.2. The van der Waals surface area contributed by atoms with Crippen molar-refractivity contribution in [2.24, 2.45) is 0 Å². The van der Waals surface area contributed by atoms with E-state index in [0.29, 0.717) is 11.3 Å². The monoisotopic (exact) mass is 234 g/mol. The second-order valence-electron chi connectivity index (χ2n) is 4.24.